The average Bonchev–Trinajstić information content (AvgIpc) is 2.88. The molecule has 0 bridgehead atoms. The summed E-state index contributed by atoms with van der Waals surface area (Å²) >= 11 is 5.78. The normalized spacial score (nSPS) is 15.3. The zero-order valence-corrected chi connectivity index (χ0v) is 13.1. The molecule has 1 aliphatic rings. The van der Waals surface area contributed by atoms with Crippen LogP contribution in [0.3, 0.4) is 0 Å². The lowest BCUT2D eigenvalue weighted by Crippen LogP contribution is -2.50. The van der Waals surface area contributed by atoms with Crippen molar-refractivity contribution >= 4 is 34.3 Å². The monoisotopic (exact) mass is 341 g/mol. The van der Waals surface area contributed by atoms with Gasteiger partial charge in [-0.1, -0.05) is 11.6 Å². The standard InChI is InChI=1S/C15H14ClF2N3O2/c1-8(22)20-4-6-21(7-5-20)15(23)14-13(18)11-10(19-14)3-2-9(17)12(11)16/h2-3,19H,4-7H2,1H3. The molecule has 0 unspecified atom stereocenters. The van der Waals surface area contributed by atoms with Crippen LogP contribution in [0.15, 0.2) is 12.1 Å². The summed E-state index contributed by atoms with van der Waals surface area (Å²) in [5, 5.41) is -0.478. The second kappa shape index (κ2) is 5.81. The van der Waals surface area contributed by atoms with Crippen LogP contribution in [-0.2, 0) is 4.79 Å². The number of amides is 2. The smallest absolute Gasteiger partial charge is 0.273 e. The van der Waals surface area contributed by atoms with Gasteiger partial charge in [0.05, 0.1) is 15.9 Å². The maximum Gasteiger partial charge on any atom is 0.273 e. The Morgan fingerprint density at radius 2 is 1.74 bits per heavy atom. The number of aromatic amines is 1. The van der Waals surface area contributed by atoms with Gasteiger partial charge in [-0.05, 0) is 12.1 Å². The summed E-state index contributed by atoms with van der Waals surface area (Å²) in [7, 11) is 0. The summed E-state index contributed by atoms with van der Waals surface area (Å²) in [6.07, 6.45) is 0. The van der Waals surface area contributed by atoms with E-state index in [1.165, 1.54) is 17.9 Å². The third-order valence-electron chi connectivity index (χ3n) is 4.02. The van der Waals surface area contributed by atoms with Gasteiger partial charge in [0.1, 0.15) is 11.5 Å². The van der Waals surface area contributed by atoms with Crippen molar-refractivity contribution in [3.8, 4) is 0 Å². The van der Waals surface area contributed by atoms with E-state index in [0.29, 0.717) is 26.2 Å². The van der Waals surface area contributed by atoms with Crippen molar-refractivity contribution in [2.45, 2.75) is 6.92 Å². The number of rotatable bonds is 1. The summed E-state index contributed by atoms with van der Waals surface area (Å²) in [5.74, 6) is -2.19. The summed E-state index contributed by atoms with van der Waals surface area (Å²) in [6, 6.07) is 2.45. The first-order chi connectivity index (χ1) is 10.9. The lowest BCUT2D eigenvalue weighted by molar-refractivity contribution is -0.130. The molecule has 1 aromatic heterocycles. The molecule has 0 spiro atoms. The maximum absolute atomic E-state index is 14.5. The van der Waals surface area contributed by atoms with E-state index in [2.05, 4.69) is 4.98 Å². The Hall–Kier alpha value is -2.15. The van der Waals surface area contributed by atoms with Gasteiger partial charge in [-0.25, -0.2) is 8.78 Å². The molecule has 1 aliphatic heterocycles. The summed E-state index contributed by atoms with van der Waals surface area (Å²) in [4.78, 5) is 29.5. The molecule has 0 radical (unpaired) electrons. The van der Waals surface area contributed by atoms with Gasteiger partial charge in [0.2, 0.25) is 5.91 Å². The minimum Gasteiger partial charge on any atom is -0.348 e. The fourth-order valence-electron chi connectivity index (χ4n) is 2.71. The van der Waals surface area contributed by atoms with Crippen molar-refractivity contribution in [2.75, 3.05) is 26.2 Å². The Labute approximate surface area is 135 Å². The van der Waals surface area contributed by atoms with Crippen LogP contribution in [0.2, 0.25) is 5.02 Å². The third kappa shape index (κ3) is 2.65. The Bertz CT molecular complexity index is 798. The molecule has 122 valence electrons. The molecule has 0 atom stereocenters. The lowest BCUT2D eigenvalue weighted by atomic mass is 10.2. The van der Waals surface area contributed by atoms with Crippen LogP contribution in [0.1, 0.15) is 17.4 Å². The van der Waals surface area contributed by atoms with E-state index < -0.39 is 17.5 Å². The molecule has 23 heavy (non-hydrogen) atoms. The number of carbonyl (C=O) groups is 2. The van der Waals surface area contributed by atoms with Gasteiger partial charge >= 0.3 is 0 Å². The Kier molecular flexibility index (Phi) is 3.97. The van der Waals surface area contributed by atoms with E-state index in [0.717, 1.165) is 6.07 Å². The van der Waals surface area contributed by atoms with Crippen molar-refractivity contribution in [1.29, 1.82) is 0 Å². The number of hydrogen-bond donors (Lipinski definition) is 1. The Morgan fingerprint density at radius 1 is 1.13 bits per heavy atom. The van der Waals surface area contributed by atoms with E-state index in [1.54, 1.807) is 4.90 Å². The molecule has 8 heteroatoms. The van der Waals surface area contributed by atoms with Gasteiger partial charge in [-0.2, -0.15) is 0 Å². The van der Waals surface area contributed by atoms with Gasteiger partial charge in [-0.3, -0.25) is 9.59 Å². The van der Waals surface area contributed by atoms with Crippen LogP contribution in [0.4, 0.5) is 8.78 Å². The first-order valence-electron chi connectivity index (χ1n) is 7.10. The number of halogens is 3. The van der Waals surface area contributed by atoms with Gasteiger partial charge in [-0.15, -0.1) is 0 Å². The second-order valence-corrected chi connectivity index (χ2v) is 5.77. The van der Waals surface area contributed by atoms with Crippen LogP contribution in [0.5, 0.6) is 0 Å². The fourth-order valence-corrected chi connectivity index (χ4v) is 2.96. The maximum atomic E-state index is 14.5. The van der Waals surface area contributed by atoms with Crippen LogP contribution in [0.25, 0.3) is 10.9 Å². The predicted octanol–water partition coefficient (Wildman–Crippen LogP) is 2.40. The summed E-state index contributed by atoms with van der Waals surface area (Å²) in [6.45, 7) is 2.90. The zero-order valence-electron chi connectivity index (χ0n) is 12.3. The molecule has 2 amide bonds. The van der Waals surface area contributed by atoms with Crippen LogP contribution in [0, 0.1) is 11.6 Å². The van der Waals surface area contributed by atoms with Crippen molar-refractivity contribution in [3.05, 3.63) is 34.5 Å². The van der Waals surface area contributed by atoms with Gasteiger partial charge in [0.25, 0.3) is 5.91 Å². The van der Waals surface area contributed by atoms with Crippen LogP contribution in [-0.4, -0.2) is 52.8 Å². The van der Waals surface area contributed by atoms with E-state index >= 15 is 0 Å². The largest absolute Gasteiger partial charge is 0.348 e. The highest BCUT2D eigenvalue weighted by Gasteiger charge is 2.28. The quantitative estimate of drug-likeness (QED) is 0.866. The molecular weight excluding hydrogens is 328 g/mol. The highest BCUT2D eigenvalue weighted by Crippen LogP contribution is 2.30. The average molecular weight is 342 g/mol. The van der Waals surface area contributed by atoms with Gasteiger partial charge in [0.15, 0.2) is 5.82 Å². The Balaban J connectivity index is 1.89. The first kappa shape index (κ1) is 15.7. The molecular formula is C15H14ClF2N3O2. The molecule has 2 aromatic rings. The summed E-state index contributed by atoms with van der Waals surface area (Å²) < 4.78 is 28.0. The molecule has 1 aromatic carbocycles. The van der Waals surface area contributed by atoms with Gasteiger partial charge < -0.3 is 14.8 Å². The van der Waals surface area contributed by atoms with Crippen molar-refractivity contribution in [1.82, 2.24) is 14.8 Å². The zero-order chi connectivity index (χ0) is 16.7. The van der Waals surface area contributed by atoms with E-state index in [1.807, 2.05) is 0 Å². The fraction of sp³-hybridized carbons (Fsp3) is 0.333. The number of hydrogen-bond acceptors (Lipinski definition) is 2. The number of benzene rings is 1. The van der Waals surface area contributed by atoms with E-state index in [4.69, 9.17) is 11.6 Å². The van der Waals surface area contributed by atoms with E-state index in [9.17, 15) is 18.4 Å². The SMILES string of the molecule is CC(=O)N1CCN(C(=O)c2[nH]c3ccc(F)c(Cl)c3c2F)CC1. The molecule has 0 aliphatic carbocycles. The molecule has 1 fully saturated rings. The van der Waals surface area contributed by atoms with Gasteiger partial charge in [0, 0.05) is 33.1 Å². The third-order valence-corrected chi connectivity index (χ3v) is 4.39. The predicted molar refractivity (Wildman–Crippen MR) is 81.4 cm³/mol. The number of nitrogens with one attached hydrogen (secondary N) is 1. The number of H-pyrrole nitrogens is 1. The topological polar surface area (TPSA) is 56.4 Å². The highest BCUT2D eigenvalue weighted by atomic mass is 35.5. The Morgan fingerprint density at radius 3 is 2.35 bits per heavy atom. The summed E-state index contributed by atoms with van der Waals surface area (Å²) in [5.41, 5.74) is 0.0170. The molecule has 1 saturated heterocycles. The highest BCUT2D eigenvalue weighted by molar-refractivity contribution is 6.35. The number of aromatic nitrogens is 1. The molecule has 3 rings (SSSR count). The number of fused-ring (bicyclic) bond motifs is 1. The van der Waals surface area contributed by atoms with Crippen LogP contribution < -0.4 is 0 Å². The van der Waals surface area contributed by atoms with Crippen LogP contribution >= 0.6 is 11.6 Å². The lowest BCUT2D eigenvalue weighted by Gasteiger charge is -2.33. The minimum atomic E-state index is -0.858. The van der Waals surface area contributed by atoms with Crippen molar-refractivity contribution < 1.29 is 18.4 Å². The number of carbonyl (C=O) groups excluding carboxylic acids is 2. The molecule has 5 nitrogen and oxygen atoms in total. The minimum absolute atomic E-state index is 0.0591. The number of nitrogens with zero attached hydrogens (tertiary/aromatic N) is 2. The molecule has 1 N–H and O–H groups in total. The van der Waals surface area contributed by atoms with E-state index in [-0.39, 0.29) is 27.5 Å². The number of piperazine rings is 1. The second-order valence-electron chi connectivity index (χ2n) is 5.40. The molecule has 0 saturated carbocycles. The van der Waals surface area contributed by atoms with Crippen molar-refractivity contribution in [3.63, 3.8) is 0 Å². The first-order valence-corrected chi connectivity index (χ1v) is 7.48. The molecule has 2 heterocycles. The van der Waals surface area contributed by atoms with Crippen molar-refractivity contribution in [2.24, 2.45) is 0 Å².